The lowest BCUT2D eigenvalue weighted by molar-refractivity contribution is -0.384. The minimum absolute atomic E-state index is 0.169. The maximum absolute atomic E-state index is 10.8. The molecule has 1 aliphatic rings. The Morgan fingerprint density at radius 1 is 1.22 bits per heavy atom. The number of anilines is 1. The number of non-ortho nitro benzene ring substituents is 1. The van der Waals surface area contributed by atoms with E-state index in [-0.39, 0.29) is 10.6 Å². The minimum atomic E-state index is -0.335. The first-order valence-electron chi connectivity index (χ1n) is 6.30. The van der Waals surface area contributed by atoms with E-state index in [0.29, 0.717) is 5.33 Å². The summed E-state index contributed by atoms with van der Waals surface area (Å²) < 4.78 is 0. The van der Waals surface area contributed by atoms with Gasteiger partial charge in [-0.3, -0.25) is 10.1 Å². The van der Waals surface area contributed by atoms with Crippen molar-refractivity contribution in [3.8, 4) is 0 Å². The molecule has 0 aromatic heterocycles. The van der Waals surface area contributed by atoms with E-state index in [1.54, 1.807) is 12.1 Å². The molecule has 0 N–H and O–H groups in total. The third-order valence-corrected chi connectivity index (χ3v) is 3.97. The molecule has 0 saturated carbocycles. The molecule has 1 aromatic carbocycles. The van der Waals surface area contributed by atoms with Crippen molar-refractivity contribution in [2.45, 2.75) is 31.0 Å². The van der Waals surface area contributed by atoms with Gasteiger partial charge in [-0.25, -0.2) is 0 Å². The Kier molecular flexibility index (Phi) is 4.58. The SMILES string of the molecule is O=[N+]([O-])c1ccc(N2CCCCCC2)c(CBr)c1. The largest absolute Gasteiger partial charge is 0.371 e. The molecule has 2 rings (SSSR count). The summed E-state index contributed by atoms with van der Waals surface area (Å²) in [4.78, 5) is 12.8. The van der Waals surface area contributed by atoms with E-state index in [1.165, 1.54) is 25.7 Å². The molecule has 1 saturated heterocycles. The molecule has 0 atom stereocenters. The van der Waals surface area contributed by atoms with Gasteiger partial charge in [-0.2, -0.15) is 0 Å². The lowest BCUT2D eigenvalue weighted by atomic mass is 10.1. The van der Waals surface area contributed by atoms with E-state index >= 15 is 0 Å². The number of hydrogen-bond donors (Lipinski definition) is 0. The zero-order valence-corrected chi connectivity index (χ0v) is 11.9. The van der Waals surface area contributed by atoms with Gasteiger partial charge >= 0.3 is 0 Å². The fraction of sp³-hybridized carbons (Fsp3) is 0.538. The zero-order chi connectivity index (χ0) is 13.0. The van der Waals surface area contributed by atoms with E-state index in [9.17, 15) is 10.1 Å². The Morgan fingerprint density at radius 3 is 2.44 bits per heavy atom. The third kappa shape index (κ3) is 3.02. The van der Waals surface area contributed by atoms with Gasteiger partial charge in [0.2, 0.25) is 0 Å². The molecule has 0 spiro atoms. The van der Waals surface area contributed by atoms with Crippen LogP contribution in [-0.4, -0.2) is 18.0 Å². The van der Waals surface area contributed by atoms with Crippen molar-refractivity contribution >= 4 is 27.3 Å². The number of rotatable bonds is 3. The first-order chi connectivity index (χ1) is 8.72. The zero-order valence-electron chi connectivity index (χ0n) is 10.3. The van der Waals surface area contributed by atoms with Crippen LogP contribution < -0.4 is 4.90 Å². The van der Waals surface area contributed by atoms with Crippen molar-refractivity contribution < 1.29 is 4.92 Å². The van der Waals surface area contributed by atoms with Crippen molar-refractivity contribution in [2.75, 3.05) is 18.0 Å². The summed E-state index contributed by atoms with van der Waals surface area (Å²) in [6, 6.07) is 5.17. The highest BCUT2D eigenvalue weighted by atomic mass is 79.9. The van der Waals surface area contributed by atoms with E-state index in [1.807, 2.05) is 6.07 Å². The van der Waals surface area contributed by atoms with E-state index in [4.69, 9.17) is 0 Å². The van der Waals surface area contributed by atoms with Gasteiger partial charge in [0, 0.05) is 36.2 Å². The molecule has 4 nitrogen and oxygen atoms in total. The smallest absolute Gasteiger partial charge is 0.269 e. The maximum Gasteiger partial charge on any atom is 0.269 e. The lowest BCUT2D eigenvalue weighted by Crippen LogP contribution is -2.24. The van der Waals surface area contributed by atoms with Crippen LogP contribution in [0.15, 0.2) is 18.2 Å². The molecule has 0 amide bonds. The van der Waals surface area contributed by atoms with Gasteiger partial charge in [0.25, 0.3) is 5.69 Å². The van der Waals surface area contributed by atoms with Crippen LogP contribution in [0.4, 0.5) is 11.4 Å². The van der Waals surface area contributed by atoms with Crippen molar-refractivity contribution in [3.05, 3.63) is 33.9 Å². The molecule has 0 aliphatic carbocycles. The first-order valence-corrected chi connectivity index (χ1v) is 7.43. The molecule has 0 bridgehead atoms. The Morgan fingerprint density at radius 2 is 1.89 bits per heavy atom. The van der Waals surface area contributed by atoms with Crippen molar-refractivity contribution in [3.63, 3.8) is 0 Å². The molecule has 18 heavy (non-hydrogen) atoms. The summed E-state index contributed by atoms with van der Waals surface area (Å²) >= 11 is 3.43. The van der Waals surface area contributed by atoms with Crippen molar-refractivity contribution in [2.24, 2.45) is 0 Å². The molecular weight excluding hydrogens is 296 g/mol. The maximum atomic E-state index is 10.8. The van der Waals surface area contributed by atoms with Gasteiger partial charge in [-0.1, -0.05) is 28.8 Å². The number of benzene rings is 1. The molecule has 1 heterocycles. The highest BCUT2D eigenvalue weighted by molar-refractivity contribution is 9.08. The van der Waals surface area contributed by atoms with Crippen LogP contribution in [0, 0.1) is 10.1 Å². The van der Waals surface area contributed by atoms with Crippen LogP contribution in [0.2, 0.25) is 0 Å². The number of nitrogens with zero attached hydrogens (tertiary/aromatic N) is 2. The minimum Gasteiger partial charge on any atom is -0.371 e. The molecule has 98 valence electrons. The Balaban J connectivity index is 2.28. The number of halogens is 1. The van der Waals surface area contributed by atoms with Crippen LogP contribution in [0.1, 0.15) is 31.2 Å². The van der Waals surface area contributed by atoms with Crippen LogP contribution in [0.5, 0.6) is 0 Å². The van der Waals surface area contributed by atoms with Gasteiger partial charge in [0.05, 0.1) is 4.92 Å². The molecular formula is C13H17BrN2O2. The van der Waals surface area contributed by atoms with Crippen LogP contribution in [-0.2, 0) is 5.33 Å². The average Bonchev–Trinajstić information content (AvgIpc) is 2.66. The van der Waals surface area contributed by atoms with Crippen LogP contribution in [0.3, 0.4) is 0 Å². The van der Waals surface area contributed by atoms with E-state index in [0.717, 1.165) is 24.3 Å². The van der Waals surface area contributed by atoms with Crippen molar-refractivity contribution in [1.29, 1.82) is 0 Å². The molecule has 1 aliphatic heterocycles. The highest BCUT2D eigenvalue weighted by Gasteiger charge is 2.16. The van der Waals surface area contributed by atoms with Gasteiger partial charge in [-0.05, 0) is 24.5 Å². The highest BCUT2D eigenvalue weighted by Crippen LogP contribution is 2.29. The summed E-state index contributed by atoms with van der Waals surface area (Å²) in [5.74, 6) is 0. The van der Waals surface area contributed by atoms with Crippen LogP contribution >= 0.6 is 15.9 Å². The number of hydrogen-bond acceptors (Lipinski definition) is 3. The fourth-order valence-electron chi connectivity index (χ4n) is 2.41. The second kappa shape index (κ2) is 6.18. The molecule has 0 unspecified atom stereocenters. The second-order valence-corrected chi connectivity index (χ2v) is 5.17. The molecule has 5 heteroatoms. The topological polar surface area (TPSA) is 46.4 Å². The second-order valence-electron chi connectivity index (χ2n) is 4.61. The summed E-state index contributed by atoms with van der Waals surface area (Å²) in [5.41, 5.74) is 2.31. The average molecular weight is 313 g/mol. The summed E-state index contributed by atoms with van der Waals surface area (Å²) in [5, 5.41) is 11.4. The van der Waals surface area contributed by atoms with E-state index in [2.05, 4.69) is 20.8 Å². The Labute approximate surface area is 115 Å². The first kappa shape index (κ1) is 13.3. The standard InChI is InChI=1S/C13H17BrN2O2/c14-10-11-9-12(16(17)18)5-6-13(11)15-7-3-1-2-4-8-15/h5-6,9H,1-4,7-8,10H2. The van der Waals surface area contributed by atoms with Gasteiger partial charge < -0.3 is 4.90 Å². The molecule has 0 radical (unpaired) electrons. The van der Waals surface area contributed by atoms with Crippen LogP contribution in [0.25, 0.3) is 0 Å². The van der Waals surface area contributed by atoms with E-state index < -0.39 is 0 Å². The number of nitro groups is 1. The quantitative estimate of drug-likeness (QED) is 0.483. The predicted octanol–water partition coefficient (Wildman–Crippen LogP) is 3.87. The number of nitro benzene ring substituents is 1. The van der Waals surface area contributed by atoms with Gasteiger partial charge in [0.1, 0.15) is 0 Å². The predicted molar refractivity (Wildman–Crippen MR) is 76.4 cm³/mol. The van der Waals surface area contributed by atoms with Gasteiger partial charge in [0.15, 0.2) is 0 Å². The summed E-state index contributed by atoms with van der Waals surface area (Å²) in [6.45, 7) is 2.11. The molecule has 1 aromatic rings. The van der Waals surface area contributed by atoms with Crippen molar-refractivity contribution in [1.82, 2.24) is 0 Å². The number of alkyl halides is 1. The Hall–Kier alpha value is -1.10. The molecule has 1 fully saturated rings. The summed E-state index contributed by atoms with van der Waals surface area (Å²) in [7, 11) is 0. The summed E-state index contributed by atoms with van der Waals surface area (Å²) in [6.07, 6.45) is 4.98. The third-order valence-electron chi connectivity index (χ3n) is 3.36. The monoisotopic (exact) mass is 312 g/mol. The Bertz CT molecular complexity index is 429. The lowest BCUT2D eigenvalue weighted by Gasteiger charge is -2.24. The van der Waals surface area contributed by atoms with Gasteiger partial charge in [-0.15, -0.1) is 0 Å². The normalized spacial score (nSPS) is 16.4. The fourth-order valence-corrected chi connectivity index (χ4v) is 2.86.